The number of carbonyl (C=O) groups is 5. The minimum Gasteiger partial charge on any atom is -0.466 e. The molecular formula is C38H33NO9S3. The zero-order chi connectivity index (χ0) is 36.8. The summed E-state index contributed by atoms with van der Waals surface area (Å²) in [6.45, 7) is 5.60. The number of aryl methyl sites for hydroxylation is 1. The summed E-state index contributed by atoms with van der Waals surface area (Å²) >= 11 is 2.78. The van der Waals surface area contributed by atoms with E-state index in [0.717, 1.165) is 52.0 Å². The van der Waals surface area contributed by atoms with Crippen LogP contribution >= 0.6 is 35.3 Å². The Morgan fingerprint density at radius 2 is 1.20 bits per heavy atom. The molecule has 1 spiro atoms. The van der Waals surface area contributed by atoms with Gasteiger partial charge in [-0.2, -0.15) is 0 Å². The average molecular weight is 744 g/mol. The summed E-state index contributed by atoms with van der Waals surface area (Å²) in [7, 11) is 4.73. The molecule has 0 bridgehead atoms. The molecule has 1 amide bonds. The number of rotatable bonds is 6. The highest BCUT2D eigenvalue weighted by atomic mass is 32.2. The fourth-order valence-electron chi connectivity index (χ4n) is 6.45. The molecule has 51 heavy (non-hydrogen) atoms. The summed E-state index contributed by atoms with van der Waals surface area (Å²) in [5.41, 5.74) is 3.17. The quantitative estimate of drug-likeness (QED) is 0.193. The van der Waals surface area contributed by atoms with E-state index >= 15 is 4.79 Å². The van der Waals surface area contributed by atoms with E-state index in [1.807, 2.05) is 87.5 Å². The van der Waals surface area contributed by atoms with Gasteiger partial charge in [-0.25, -0.2) is 19.2 Å². The predicted octanol–water partition coefficient (Wildman–Crippen LogP) is 6.89. The van der Waals surface area contributed by atoms with Gasteiger partial charge in [-0.05, 0) is 50.1 Å². The van der Waals surface area contributed by atoms with Gasteiger partial charge in [0.05, 0.1) is 45.2 Å². The number of anilines is 1. The van der Waals surface area contributed by atoms with Crippen molar-refractivity contribution in [2.75, 3.05) is 33.3 Å². The van der Waals surface area contributed by atoms with Gasteiger partial charge < -0.3 is 18.9 Å². The Kier molecular flexibility index (Phi) is 9.75. The number of fused-ring (bicyclic) bond motifs is 3. The lowest BCUT2D eigenvalue weighted by Crippen LogP contribution is -2.54. The number of esters is 4. The molecule has 0 radical (unpaired) electrons. The Bertz CT molecular complexity index is 2090. The Labute approximate surface area is 307 Å². The summed E-state index contributed by atoms with van der Waals surface area (Å²) in [4.78, 5) is 71.2. The van der Waals surface area contributed by atoms with Gasteiger partial charge in [-0.1, -0.05) is 95.4 Å². The average Bonchev–Trinajstić information content (AvgIpc) is 3.53. The second kappa shape index (κ2) is 13.8. The van der Waals surface area contributed by atoms with Crippen molar-refractivity contribution < 1.29 is 42.9 Å². The van der Waals surface area contributed by atoms with Crippen LogP contribution in [0.1, 0.15) is 35.3 Å². The van der Waals surface area contributed by atoms with E-state index in [4.69, 9.17) is 18.9 Å². The monoisotopic (exact) mass is 743 g/mol. The number of benzene rings is 3. The molecule has 3 aromatic carbocycles. The highest BCUT2D eigenvalue weighted by Gasteiger charge is 2.62. The van der Waals surface area contributed by atoms with Crippen molar-refractivity contribution in [3.63, 3.8) is 0 Å². The van der Waals surface area contributed by atoms with Crippen LogP contribution in [0.4, 0.5) is 5.69 Å². The lowest BCUT2D eigenvalue weighted by atomic mass is 9.82. The fourth-order valence-corrected chi connectivity index (χ4v) is 11.5. The van der Waals surface area contributed by atoms with Crippen LogP contribution < -0.4 is 4.90 Å². The first-order valence-corrected chi connectivity index (χ1v) is 18.0. The molecule has 3 aliphatic heterocycles. The number of methoxy groups -OCH3 is 4. The molecule has 0 atom stereocenters. The van der Waals surface area contributed by atoms with E-state index < -0.39 is 33.5 Å². The van der Waals surface area contributed by atoms with Crippen LogP contribution in [0.15, 0.2) is 98.0 Å². The summed E-state index contributed by atoms with van der Waals surface area (Å²) in [6.07, 6.45) is 0. The Morgan fingerprint density at radius 3 is 1.78 bits per heavy atom. The summed E-state index contributed by atoms with van der Waals surface area (Å²) < 4.78 is 19.0. The number of hydrogen-bond donors (Lipinski definition) is 0. The van der Waals surface area contributed by atoms with E-state index in [-0.39, 0.29) is 26.2 Å². The molecule has 3 aromatic rings. The van der Waals surface area contributed by atoms with Gasteiger partial charge in [0, 0.05) is 21.6 Å². The number of nitrogens with zero attached hydrogens (tertiary/aromatic N) is 1. The maximum Gasteiger partial charge on any atom is 0.345 e. The maximum absolute atomic E-state index is 15.1. The van der Waals surface area contributed by atoms with Gasteiger partial charge in [-0.15, -0.1) is 0 Å². The van der Waals surface area contributed by atoms with Gasteiger partial charge >= 0.3 is 23.9 Å². The SMILES string of the molecule is COC(=O)C1=C(C(=O)OC)SC2(S1)C(C(=O)OC)=C(C(=O)OC)SC1=C2c2cc(C)ccc2N(C(=O)c2ccccc2-c2ccccc2)C1(C)C. The van der Waals surface area contributed by atoms with Crippen molar-refractivity contribution in [2.24, 2.45) is 0 Å². The van der Waals surface area contributed by atoms with E-state index in [1.54, 1.807) is 11.0 Å². The third kappa shape index (κ3) is 5.77. The van der Waals surface area contributed by atoms with E-state index in [0.29, 0.717) is 27.3 Å². The zero-order valence-electron chi connectivity index (χ0n) is 28.8. The molecule has 0 saturated heterocycles. The Morgan fingerprint density at radius 1 is 0.647 bits per heavy atom. The van der Waals surface area contributed by atoms with Crippen LogP contribution in [-0.4, -0.2) is 67.8 Å². The summed E-state index contributed by atoms with van der Waals surface area (Å²) in [5, 5.41) is 0. The third-order valence-electron chi connectivity index (χ3n) is 8.74. The number of amides is 1. The fraction of sp³-hybridized carbons (Fsp3) is 0.237. The summed E-state index contributed by atoms with van der Waals surface area (Å²) in [5.74, 6) is -3.67. The topological polar surface area (TPSA) is 126 Å². The molecule has 3 heterocycles. The van der Waals surface area contributed by atoms with Crippen molar-refractivity contribution >= 4 is 76.3 Å². The second-order valence-electron chi connectivity index (χ2n) is 12.1. The first-order chi connectivity index (χ1) is 24.4. The normalized spacial score (nSPS) is 17.1. The van der Waals surface area contributed by atoms with Crippen molar-refractivity contribution in [1.29, 1.82) is 0 Å². The molecular weight excluding hydrogens is 711 g/mol. The van der Waals surface area contributed by atoms with Gasteiger partial charge in [0.2, 0.25) is 0 Å². The maximum atomic E-state index is 15.1. The molecule has 0 aliphatic carbocycles. The van der Waals surface area contributed by atoms with Gasteiger partial charge in [0.25, 0.3) is 5.91 Å². The van der Waals surface area contributed by atoms with E-state index in [1.165, 1.54) is 28.4 Å². The molecule has 0 fully saturated rings. The molecule has 0 N–H and O–H groups in total. The lowest BCUT2D eigenvalue weighted by Gasteiger charge is -2.51. The van der Waals surface area contributed by atoms with Gasteiger partial charge in [-0.3, -0.25) is 9.69 Å². The second-order valence-corrected chi connectivity index (χ2v) is 15.8. The first-order valence-electron chi connectivity index (χ1n) is 15.6. The number of carbonyl (C=O) groups excluding carboxylic acids is 5. The van der Waals surface area contributed by atoms with Crippen LogP contribution in [0, 0.1) is 6.92 Å². The van der Waals surface area contributed by atoms with Crippen LogP contribution in [0.2, 0.25) is 0 Å². The predicted molar refractivity (Wildman–Crippen MR) is 198 cm³/mol. The van der Waals surface area contributed by atoms with Gasteiger partial charge in [0.1, 0.15) is 18.8 Å². The van der Waals surface area contributed by atoms with Crippen molar-refractivity contribution in [1.82, 2.24) is 0 Å². The molecule has 0 unspecified atom stereocenters. The Balaban J connectivity index is 1.67. The van der Waals surface area contributed by atoms with Crippen LogP contribution in [0.25, 0.3) is 16.7 Å². The molecule has 3 aliphatic rings. The standard InChI is InChI=1S/C38H33NO9S3/c1-20-17-18-25-24(19-20)26-31(37(2,3)39(25)32(40)23-16-12-11-15-22(23)21-13-9-8-10-14-21)49-28(34(42)46-5)27(33(41)45-4)38(26)50-29(35(43)47-6)30(51-38)36(44)48-7/h8-19H,1-7H3. The molecule has 10 nitrogen and oxygen atoms in total. The van der Waals surface area contributed by atoms with E-state index in [2.05, 4.69) is 0 Å². The third-order valence-corrected chi connectivity index (χ3v) is 13.4. The highest BCUT2D eigenvalue weighted by Crippen LogP contribution is 2.71. The van der Waals surface area contributed by atoms with Gasteiger partial charge in [0.15, 0.2) is 0 Å². The van der Waals surface area contributed by atoms with Crippen LogP contribution in [-0.2, 0) is 38.1 Å². The number of thioether (sulfide) groups is 3. The van der Waals surface area contributed by atoms with E-state index in [9.17, 15) is 19.2 Å². The zero-order valence-corrected chi connectivity index (χ0v) is 31.2. The molecule has 0 saturated carbocycles. The summed E-state index contributed by atoms with van der Waals surface area (Å²) in [6, 6.07) is 22.6. The molecule has 0 aromatic heterocycles. The largest absolute Gasteiger partial charge is 0.466 e. The smallest absolute Gasteiger partial charge is 0.345 e. The van der Waals surface area contributed by atoms with Crippen molar-refractivity contribution in [3.05, 3.63) is 115 Å². The minimum absolute atomic E-state index is 0.110. The Hall–Kier alpha value is -4.72. The van der Waals surface area contributed by atoms with Crippen molar-refractivity contribution in [3.8, 4) is 11.1 Å². The van der Waals surface area contributed by atoms with Crippen molar-refractivity contribution in [2.45, 2.75) is 30.4 Å². The number of hydrogen-bond acceptors (Lipinski definition) is 12. The van der Waals surface area contributed by atoms with Crippen LogP contribution in [0.5, 0.6) is 0 Å². The number of ether oxygens (including phenoxy) is 4. The molecule has 13 heteroatoms. The molecule has 262 valence electrons. The van der Waals surface area contributed by atoms with Crippen LogP contribution in [0.3, 0.4) is 0 Å². The first kappa shape index (κ1) is 36.1. The minimum atomic E-state index is -1.67. The lowest BCUT2D eigenvalue weighted by molar-refractivity contribution is -0.138. The highest BCUT2D eigenvalue weighted by molar-refractivity contribution is 8.26. The molecule has 6 rings (SSSR count).